The number of carbonyl (C=O) groups is 1. The molecule has 0 heterocycles. The van der Waals surface area contributed by atoms with Gasteiger partial charge in [-0.1, -0.05) is 36.4 Å². The highest BCUT2D eigenvalue weighted by molar-refractivity contribution is 5.77. The first-order valence-corrected chi connectivity index (χ1v) is 8.94. The van der Waals surface area contributed by atoms with E-state index < -0.39 is 0 Å². The monoisotopic (exact) mass is 372 g/mol. The Labute approximate surface area is 160 Å². The smallest absolute Gasteiger partial charge is 0.223 e. The van der Waals surface area contributed by atoms with Crippen molar-refractivity contribution < 1.29 is 19.0 Å². The largest absolute Gasteiger partial charge is 0.493 e. The van der Waals surface area contributed by atoms with Crippen molar-refractivity contribution in [3.8, 4) is 11.5 Å². The van der Waals surface area contributed by atoms with Crippen LogP contribution in [0.15, 0.2) is 48.5 Å². The molecule has 0 radical (unpaired) electrons. The Morgan fingerprint density at radius 1 is 1.11 bits per heavy atom. The molecule has 6 heteroatoms. The first kappa shape index (κ1) is 20.7. The van der Waals surface area contributed by atoms with Gasteiger partial charge in [0.25, 0.3) is 0 Å². The Balaban J connectivity index is 2.00. The lowest BCUT2D eigenvalue weighted by Crippen LogP contribution is -2.33. The molecule has 3 N–H and O–H groups in total. The van der Waals surface area contributed by atoms with Gasteiger partial charge in [0.15, 0.2) is 11.5 Å². The average molecular weight is 372 g/mol. The zero-order valence-electron chi connectivity index (χ0n) is 16.1. The summed E-state index contributed by atoms with van der Waals surface area (Å²) in [5, 5.41) is 2.95. The average Bonchev–Trinajstić information content (AvgIpc) is 2.70. The van der Waals surface area contributed by atoms with Crippen LogP contribution in [0.3, 0.4) is 0 Å². The summed E-state index contributed by atoms with van der Waals surface area (Å²) in [5.41, 5.74) is 7.57. The van der Waals surface area contributed by atoms with Gasteiger partial charge in [0.2, 0.25) is 5.91 Å². The second kappa shape index (κ2) is 10.5. The van der Waals surface area contributed by atoms with Crippen molar-refractivity contribution in [2.75, 3.05) is 20.8 Å². The highest BCUT2D eigenvalue weighted by atomic mass is 16.5. The van der Waals surface area contributed by atoms with Crippen LogP contribution in [0.25, 0.3) is 0 Å². The van der Waals surface area contributed by atoms with Crippen LogP contribution >= 0.6 is 0 Å². The summed E-state index contributed by atoms with van der Waals surface area (Å²) in [4.78, 5) is 12.1. The van der Waals surface area contributed by atoms with Gasteiger partial charge in [0, 0.05) is 13.7 Å². The molecule has 0 fully saturated rings. The van der Waals surface area contributed by atoms with E-state index in [0.717, 1.165) is 11.1 Å². The molecular weight excluding hydrogens is 344 g/mol. The van der Waals surface area contributed by atoms with Crippen molar-refractivity contribution in [2.24, 2.45) is 5.73 Å². The molecule has 0 aromatic heterocycles. The van der Waals surface area contributed by atoms with Crippen LogP contribution in [0.5, 0.6) is 11.5 Å². The first-order chi connectivity index (χ1) is 13.1. The number of ether oxygens (including phenoxy) is 3. The molecule has 2 rings (SSSR count). The van der Waals surface area contributed by atoms with Crippen LogP contribution in [-0.4, -0.2) is 32.8 Å². The summed E-state index contributed by atoms with van der Waals surface area (Å²) in [6.07, 6.45) is -0.0484. The summed E-state index contributed by atoms with van der Waals surface area (Å²) >= 11 is 0. The zero-order chi connectivity index (χ0) is 19.6. The standard InChI is InChI=1S/C21H28N2O4/c1-15(23-21(24)12-18(13-22)25-2)17-9-10-19(20(11-17)26-3)27-14-16-7-5-4-6-8-16/h4-11,15,18H,12-14,22H2,1-3H3,(H,23,24). The molecule has 0 aliphatic heterocycles. The van der Waals surface area contributed by atoms with Crippen LogP contribution < -0.4 is 20.5 Å². The van der Waals surface area contributed by atoms with E-state index >= 15 is 0 Å². The van der Waals surface area contributed by atoms with Crippen LogP contribution in [0.1, 0.15) is 30.5 Å². The fourth-order valence-electron chi connectivity index (χ4n) is 2.66. The summed E-state index contributed by atoms with van der Waals surface area (Å²) in [6.45, 7) is 2.68. The van der Waals surface area contributed by atoms with E-state index in [1.807, 2.05) is 55.5 Å². The van der Waals surface area contributed by atoms with Gasteiger partial charge in [-0.25, -0.2) is 0 Å². The molecule has 0 aliphatic carbocycles. The number of hydrogen-bond donors (Lipinski definition) is 2. The minimum absolute atomic E-state index is 0.108. The van der Waals surface area contributed by atoms with Crippen LogP contribution in [0.2, 0.25) is 0 Å². The van der Waals surface area contributed by atoms with Crippen LogP contribution in [0, 0.1) is 0 Å². The van der Waals surface area contributed by atoms with Crippen LogP contribution in [0.4, 0.5) is 0 Å². The van der Waals surface area contributed by atoms with E-state index in [9.17, 15) is 4.79 Å². The third-order valence-electron chi connectivity index (χ3n) is 4.31. The van der Waals surface area contributed by atoms with E-state index in [1.165, 1.54) is 0 Å². The molecule has 2 atom stereocenters. The minimum atomic E-state index is -0.277. The molecule has 27 heavy (non-hydrogen) atoms. The lowest BCUT2D eigenvalue weighted by atomic mass is 10.1. The molecular formula is C21H28N2O4. The van der Waals surface area contributed by atoms with Gasteiger partial charge >= 0.3 is 0 Å². The predicted molar refractivity (Wildman–Crippen MR) is 105 cm³/mol. The van der Waals surface area contributed by atoms with Crippen molar-refractivity contribution in [3.63, 3.8) is 0 Å². The Morgan fingerprint density at radius 2 is 1.85 bits per heavy atom. The first-order valence-electron chi connectivity index (χ1n) is 8.94. The Hall–Kier alpha value is -2.57. The van der Waals surface area contributed by atoms with Crippen molar-refractivity contribution >= 4 is 5.91 Å². The van der Waals surface area contributed by atoms with Crippen LogP contribution in [-0.2, 0) is 16.1 Å². The highest BCUT2D eigenvalue weighted by Crippen LogP contribution is 2.31. The maximum atomic E-state index is 12.1. The molecule has 0 saturated heterocycles. The van der Waals surface area contributed by atoms with Gasteiger partial charge in [-0.2, -0.15) is 0 Å². The number of rotatable bonds is 10. The maximum absolute atomic E-state index is 12.1. The molecule has 0 bridgehead atoms. The maximum Gasteiger partial charge on any atom is 0.223 e. The number of nitrogens with one attached hydrogen (secondary N) is 1. The third-order valence-corrected chi connectivity index (χ3v) is 4.31. The molecule has 0 saturated carbocycles. The van der Waals surface area contributed by atoms with Gasteiger partial charge in [-0.15, -0.1) is 0 Å². The SMILES string of the molecule is COc1cc(C(C)NC(=O)CC(CN)OC)ccc1OCc1ccccc1. The minimum Gasteiger partial charge on any atom is -0.493 e. The van der Waals surface area contributed by atoms with Crippen molar-refractivity contribution in [1.82, 2.24) is 5.32 Å². The highest BCUT2D eigenvalue weighted by Gasteiger charge is 2.16. The van der Waals surface area contributed by atoms with Gasteiger partial charge in [-0.05, 0) is 30.2 Å². The van der Waals surface area contributed by atoms with E-state index in [4.69, 9.17) is 19.9 Å². The number of amides is 1. The summed E-state index contributed by atoms with van der Waals surface area (Å²) in [5.74, 6) is 1.18. The molecule has 0 spiro atoms. The number of nitrogens with two attached hydrogens (primary N) is 1. The van der Waals surface area contributed by atoms with E-state index in [2.05, 4.69) is 5.32 Å². The third kappa shape index (κ3) is 6.27. The Morgan fingerprint density at radius 3 is 2.48 bits per heavy atom. The van der Waals surface area contributed by atoms with Crippen molar-refractivity contribution in [3.05, 3.63) is 59.7 Å². The second-order valence-electron chi connectivity index (χ2n) is 6.27. The van der Waals surface area contributed by atoms with E-state index in [-0.39, 0.29) is 24.5 Å². The summed E-state index contributed by atoms with van der Waals surface area (Å²) in [6, 6.07) is 15.4. The molecule has 2 unspecified atom stereocenters. The number of hydrogen-bond acceptors (Lipinski definition) is 5. The molecule has 6 nitrogen and oxygen atoms in total. The second-order valence-corrected chi connectivity index (χ2v) is 6.27. The van der Waals surface area contributed by atoms with E-state index in [0.29, 0.717) is 24.7 Å². The molecule has 1 amide bonds. The number of methoxy groups -OCH3 is 2. The Bertz CT molecular complexity index is 717. The lowest BCUT2D eigenvalue weighted by molar-refractivity contribution is -0.124. The quantitative estimate of drug-likeness (QED) is 0.670. The van der Waals surface area contributed by atoms with Gasteiger partial charge in [-0.3, -0.25) is 4.79 Å². The molecule has 146 valence electrons. The van der Waals surface area contributed by atoms with Gasteiger partial charge < -0.3 is 25.3 Å². The van der Waals surface area contributed by atoms with Gasteiger partial charge in [0.1, 0.15) is 6.61 Å². The Kier molecular flexibility index (Phi) is 8.10. The fourth-order valence-corrected chi connectivity index (χ4v) is 2.66. The normalized spacial score (nSPS) is 12.9. The molecule has 2 aromatic rings. The fraction of sp³-hybridized carbons (Fsp3) is 0.381. The summed E-state index contributed by atoms with van der Waals surface area (Å²) in [7, 11) is 3.15. The summed E-state index contributed by atoms with van der Waals surface area (Å²) < 4.78 is 16.5. The van der Waals surface area contributed by atoms with Crippen molar-refractivity contribution in [2.45, 2.75) is 32.1 Å². The molecule has 2 aromatic carbocycles. The molecule has 0 aliphatic rings. The number of benzene rings is 2. The van der Waals surface area contributed by atoms with Gasteiger partial charge in [0.05, 0.1) is 25.7 Å². The topological polar surface area (TPSA) is 82.8 Å². The van der Waals surface area contributed by atoms with E-state index in [1.54, 1.807) is 14.2 Å². The predicted octanol–water partition coefficient (Wildman–Crippen LogP) is 2.82. The lowest BCUT2D eigenvalue weighted by Gasteiger charge is -2.19. The zero-order valence-corrected chi connectivity index (χ0v) is 16.1. The number of carbonyl (C=O) groups excluding carboxylic acids is 1. The van der Waals surface area contributed by atoms with Crippen molar-refractivity contribution in [1.29, 1.82) is 0 Å².